The van der Waals surface area contributed by atoms with Crippen molar-refractivity contribution in [2.24, 2.45) is 5.92 Å². The first-order valence-electron chi connectivity index (χ1n) is 9.63. The van der Waals surface area contributed by atoms with Gasteiger partial charge >= 0.3 is 5.97 Å². The summed E-state index contributed by atoms with van der Waals surface area (Å²) >= 11 is 3.27. The number of rotatable bonds is 5. The number of nitrogens with zero attached hydrogens (tertiary/aromatic N) is 1. The van der Waals surface area contributed by atoms with Crippen LogP contribution in [0.5, 0.6) is 0 Å². The van der Waals surface area contributed by atoms with Crippen molar-refractivity contribution in [3.63, 3.8) is 0 Å². The molecular formula is C22H22BrN3O5. The summed E-state index contributed by atoms with van der Waals surface area (Å²) < 4.78 is 5.85. The van der Waals surface area contributed by atoms with E-state index in [2.05, 4.69) is 26.8 Å². The first-order valence-corrected chi connectivity index (χ1v) is 10.4. The van der Waals surface area contributed by atoms with E-state index in [0.717, 1.165) is 21.3 Å². The van der Waals surface area contributed by atoms with Crippen LogP contribution in [0.2, 0.25) is 0 Å². The van der Waals surface area contributed by atoms with Gasteiger partial charge in [-0.3, -0.25) is 30.0 Å². The fourth-order valence-electron chi connectivity index (χ4n) is 3.31. The number of ether oxygens (including phenoxy) is 1. The molecule has 1 saturated heterocycles. The summed E-state index contributed by atoms with van der Waals surface area (Å²) in [6, 6.07) is 12.4. The Kier molecular flexibility index (Phi) is 7.06. The lowest BCUT2D eigenvalue weighted by molar-refractivity contribution is -0.152. The molecule has 0 radical (unpaired) electrons. The molecule has 162 valence electrons. The van der Waals surface area contributed by atoms with Gasteiger partial charge in [0.1, 0.15) is 0 Å². The predicted molar refractivity (Wildman–Crippen MR) is 117 cm³/mol. The van der Waals surface area contributed by atoms with E-state index in [1.807, 2.05) is 32.0 Å². The zero-order valence-corrected chi connectivity index (χ0v) is 18.7. The lowest BCUT2D eigenvalue weighted by atomic mass is 10.1. The smallest absolute Gasteiger partial charge is 0.311 e. The zero-order valence-electron chi connectivity index (χ0n) is 17.1. The topological polar surface area (TPSA) is 105 Å². The van der Waals surface area contributed by atoms with Gasteiger partial charge in [-0.15, -0.1) is 0 Å². The summed E-state index contributed by atoms with van der Waals surface area (Å²) in [5, 5.41) is 0. The number of esters is 1. The number of benzene rings is 2. The maximum absolute atomic E-state index is 12.4. The SMILES string of the molecule is Cc1cc(C)cc(N2C[C@H](C(=O)OCC(=O)NNC(=O)c3ccc(Br)cc3)CC2=O)c1. The Balaban J connectivity index is 1.47. The number of amides is 3. The van der Waals surface area contributed by atoms with E-state index in [0.29, 0.717) is 5.56 Å². The normalized spacial score (nSPS) is 15.5. The first kappa shape index (κ1) is 22.5. The van der Waals surface area contributed by atoms with Crippen LogP contribution in [0.3, 0.4) is 0 Å². The second-order valence-corrected chi connectivity index (χ2v) is 8.28. The van der Waals surface area contributed by atoms with Crippen molar-refractivity contribution in [1.82, 2.24) is 10.9 Å². The molecule has 1 heterocycles. The Morgan fingerprint density at radius 3 is 2.35 bits per heavy atom. The second kappa shape index (κ2) is 9.74. The van der Waals surface area contributed by atoms with Crippen molar-refractivity contribution >= 4 is 45.3 Å². The van der Waals surface area contributed by atoms with E-state index >= 15 is 0 Å². The van der Waals surface area contributed by atoms with Crippen LogP contribution in [0.25, 0.3) is 0 Å². The summed E-state index contributed by atoms with van der Waals surface area (Å²) in [4.78, 5) is 50.1. The number of carbonyl (C=O) groups is 4. The summed E-state index contributed by atoms with van der Waals surface area (Å²) in [5.41, 5.74) is 7.59. The van der Waals surface area contributed by atoms with E-state index in [1.165, 1.54) is 0 Å². The number of hydrogen-bond acceptors (Lipinski definition) is 5. The van der Waals surface area contributed by atoms with Gasteiger partial charge in [0.05, 0.1) is 5.92 Å². The third kappa shape index (κ3) is 5.91. The maximum Gasteiger partial charge on any atom is 0.311 e. The molecule has 1 aliphatic heterocycles. The third-order valence-corrected chi connectivity index (χ3v) is 5.27. The molecule has 0 aliphatic carbocycles. The van der Waals surface area contributed by atoms with E-state index in [4.69, 9.17) is 4.74 Å². The monoisotopic (exact) mass is 487 g/mol. The number of halogens is 1. The van der Waals surface area contributed by atoms with Crippen molar-refractivity contribution in [2.75, 3.05) is 18.1 Å². The average molecular weight is 488 g/mol. The summed E-state index contributed by atoms with van der Waals surface area (Å²) in [7, 11) is 0. The van der Waals surface area contributed by atoms with Crippen molar-refractivity contribution < 1.29 is 23.9 Å². The van der Waals surface area contributed by atoms with E-state index in [-0.39, 0.29) is 18.9 Å². The molecule has 1 fully saturated rings. The molecule has 31 heavy (non-hydrogen) atoms. The average Bonchev–Trinajstić information content (AvgIpc) is 3.12. The molecule has 0 unspecified atom stereocenters. The molecule has 1 atom stereocenters. The highest BCUT2D eigenvalue weighted by molar-refractivity contribution is 9.10. The standard InChI is InChI=1S/C22H22BrN3O5/c1-13-7-14(2)9-18(8-13)26-11-16(10-20(26)28)22(30)31-12-19(27)24-25-21(29)15-3-5-17(23)6-4-15/h3-9,16H,10-12H2,1-2H3,(H,24,27)(H,25,29)/t16-/m1/s1. The Bertz CT molecular complexity index is 1000. The van der Waals surface area contributed by atoms with Gasteiger partial charge in [0.15, 0.2) is 6.61 Å². The van der Waals surface area contributed by atoms with E-state index in [1.54, 1.807) is 29.2 Å². The van der Waals surface area contributed by atoms with Gasteiger partial charge in [0, 0.05) is 28.7 Å². The van der Waals surface area contributed by atoms with Crippen LogP contribution in [-0.2, 0) is 19.1 Å². The number of hydrogen-bond donors (Lipinski definition) is 2. The van der Waals surface area contributed by atoms with Crippen molar-refractivity contribution in [2.45, 2.75) is 20.3 Å². The van der Waals surface area contributed by atoms with Gasteiger partial charge < -0.3 is 9.64 Å². The summed E-state index contributed by atoms with van der Waals surface area (Å²) in [6.07, 6.45) is 0.0216. The molecule has 2 N–H and O–H groups in total. The quantitative estimate of drug-likeness (QED) is 0.497. The molecule has 2 aromatic rings. The Morgan fingerprint density at radius 2 is 1.71 bits per heavy atom. The molecule has 2 aromatic carbocycles. The van der Waals surface area contributed by atoms with Crippen LogP contribution in [0, 0.1) is 19.8 Å². The largest absolute Gasteiger partial charge is 0.455 e. The van der Waals surface area contributed by atoms with Gasteiger partial charge in [-0.25, -0.2) is 0 Å². The molecule has 8 nitrogen and oxygen atoms in total. The van der Waals surface area contributed by atoms with Gasteiger partial charge in [-0.05, 0) is 61.4 Å². The van der Waals surface area contributed by atoms with Crippen LogP contribution in [0.4, 0.5) is 5.69 Å². The van der Waals surface area contributed by atoms with Gasteiger partial charge in [-0.2, -0.15) is 0 Å². The second-order valence-electron chi connectivity index (χ2n) is 7.37. The highest BCUT2D eigenvalue weighted by Crippen LogP contribution is 2.27. The summed E-state index contributed by atoms with van der Waals surface area (Å²) in [6.45, 7) is 3.52. The fraction of sp³-hybridized carbons (Fsp3) is 0.273. The first-order chi connectivity index (χ1) is 14.7. The lowest BCUT2D eigenvalue weighted by Gasteiger charge is -2.18. The predicted octanol–water partition coefficient (Wildman–Crippen LogP) is 2.42. The highest BCUT2D eigenvalue weighted by Gasteiger charge is 2.36. The van der Waals surface area contributed by atoms with E-state index < -0.39 is 30.3 Å². The molecule has 3 amide bonds. The number of aryl methyl sites for hydroxylation is 2. The Hall–Kier alpha value is -3.20. The van der Waals surface area contributed by atoms with Gasteiger partial charge in [0.2, 0.25) is 5.91 Å². The molecule has 9 heteroatoms. The fourth-order valence-corrected chi connectivity index (χ4v) is 3.58. The summed E-state index contributed by atoms with van der Waals surface area (Å²) in [5.74, 6) is -2.64. The van der Waals surface area contributed by atoms with Crippen LogP contribution in [0.15, 0.2) is 46.9 Å². The minimum Gasteiger partial charge on any atom is -0.455 e. The van der Waals surface area contributed by atoms with Crippen LogP contribution in [-0.4, -0.2) is 36.8 Å². The molecule has 0 spiro atoms. The van der Waals surface area contributed by atoms with Gasteiger partial charge in [-0.1, -0.05) is 22.0 Å². The lowest BCUT2D eigenvalue weighted by Crippen LogP contribution is -2.43. The molecule has 0 bridgehead atoms. The van der Waals surface area contributed by atoms with Crippen LogP contribution < -0.4 is 15.8 Å². The minimum absolute atomic E-state index is 0.0216. The van der Waals surface area contributed by atoms with Crippen molar-refractivity contribution in [3.8, 4) is 0 Å². The van der Waals surface area contributed by atoms with Crippen molar-refractivity contribution in [3.05, 3.63) is 63.6 Å². The highest BCUT2D eigenvalue weighted by atomic mass is 79.9. The van der Waals surface area contributed by atoms with E-state index in [9.17, 15) is 19.2 Å². The third-order valence-electron chi connectivity index (χ3n) is 4.74. The van der Waals surface area contributed by atoms with Crippen LogP contribution in [0.1, 0.15) is 27.9 Å². The number of carbonyl (C=O) groups excluding carboxylic acids is 4. The maximum atomic E-state index is 12.4. The number of anilines is 1. The Morgan fingerprint density at radius 1 is 1.06 bits per heavy atom. The number of hydrazine groups is 1. The molecular weight excluding hydrogens is 466 g/mol. The van der Waals surface area contributed by atoms with Crippen LogP contribution >= 0.6 is 15.9 Å². The Labute approximate surface area is 188 Å². The molecule has 0 aromatic heterocycles. The molecule has 3 rings (SSSR count). The van der Waals surface area contributed by atoms with Crippen molar-refractivity contribution in [1.29, 1.82) is 0 Å². The van der Waals surface area contributed by atoms with Gasteiger partial charge in [0.25, 0.3) is 11.8 Å². The molecule has 0 saturated carbocycles. The number of nitrogens with one attached hydrogen (secondary N) is 2. The zero-order chi connectivity index (χ0) is 22.5. The molecule has 1 aliphatic rings. The minimum atomic E-state index is -0.686.